The molecule has 1 amide bonds. The van der Waals surface area contributed by atoms with Crippen LogP contribution in [0.1, 0.15) is 50.5 Å². The van der Waals surface area contributed by atoms with Crippen molar-refractivity contribution in [2.45, 2.75) is 32.7 Å². The molecule has 0 spiro atoms. The summed E-state index contributed by atoms with van der Waals surface area (Å²) in [7, 11) is 0. The van der Waals surface area contributed by atoms with Gasteiger partial charge in [-0.1, -0.05) is 30.3 Å². The van der Waals surface area contributed by atoms with E-state index in [1.165, 1.54) is 0 Å². The van der Waals surface area contributed by atoms with Crippen LogP contribution in [0.4, 0.5) is 0 Å². The molecule has 2 aromatic carbocycles. The highest BCUT2D eigenvalue weighted by atomic mass is 32.1. The van der Waals surface area contributed by atoms with Gasteiger partial charge in [0.25, 0.3) is 5.91 Å². The number of fused-ring (bicyclic) bond motifs is 2. The van der Waals surface area contributed by atoms with Gasteiger partial charge in [-0.25, -0.2) is 4.98 Å². The molecule has 1 aliphatic carbocycles. The number of carbonyl (C=O) groups is 2. The van der Waals surface area contributed by atoms with E-state index in [1.807, 2.05) is 48.2 Å². The fraction of sp³-hybridized carbons (Fsp3) is 0.400. The number of carbonyl (C=O) groups excluding carboxylic acids is 2. The lowest BCUT2D eigenvalue weighted by Crippen LogP contribution is -2.48. The van der Waals surface area contributed by atoms with E-state index >= 15 is 0 Å². The molecule has 0 N–H and O–H groups in total. The van der Waals surface area contributed by atoms with Gasteiger partial charge in [-0.05, 0) is 36.6 Å². The molecule has 5 rings (SSSR count). The Bertz CT molecular complexity index is 1160. The molecule has 1 aromatic heterocycles. The van der Waals surface area contributed by atoms with Crippen LogP contribution in [-0.2, 0) is 13.0 Å². The van der Waals surface area contributed by atoms with Gasteiger partial charge in [0.15, 0.2) is 5.78 Å². The van der Waals surface area contributed by atoms with Crippen molar-refractivity contribution in [1.82, 2.24) is 14.8 Å². The zero-order valence-corrected chi connectivity index (χ0v) is 19.1. The average Bonchev–Trinajstić information content (AvgIpc) is 3.23. The Labute approximate surface area is 191 Å². The number of ether oxygens (including phenoxy) is 1. The number of nitrogens with zero attached hydrogens (tertiary/aromatic N) is 3. The van der Waals surface area contributed by atoms with Gasteiger partial charge < -0.3 is 9.64 Å². The Balaban J connectivity index is 1.29. The third-order valence-corrected chi connectivity index (χ3v) is 7.36. The van der Waals surface area contributed by atoms with Gasteiger partial charge in [-0.2, -0.15) is 0 Å². The van der Waals surface area contributed by atoms with E-state index in [-0.39, 0.29) is 11.7 Å². The Morgan fingerprint density at radius 1 is 1.09 bits per heavy atom. The number of hydrogen-bond acceptors (Lipinski definition) is 6. The van der Waals surface area contributed by atoms with E-state index in [1.54, 1.807) is 11.3 Å². The van der Waals surface area contributed by atoms with Gasteiger partial charge in [0, 0.05) is 32.6 Å². The molecule has 2 heterocycles. The number of aromatic nitrogens is 1. The predicted octanol–water partition coefficient (Wildman–Crippen LogP) is 4.17. The molecule has 7 heteroatoms. The van der Waals surface area contributed by atoms with Crippen LogP contribution in [0.15, 0.2) is 36.4 Å². The monoisotopic (exact) mass is 449 g/mol. The van der Waals surface area contributed by atoms with E-state index in [0.29, 0.717) is 37.4 Å². The Morgan fingerprint density at radius 3 is 2.69 bits per heavy atom. The lowest BCUT2D eigenvalue weighted by molar-refractivity contribution is 0.0626. The van der Waals surface area contributed by atoms with Crippen LogP contribution in [0, 0.1) is 0 Å². The fourth-order valence-electron chi connectivity index (χ4n) is 4.59. The Kier molecular flexibility index (Phi) is 5.93. The summed E-state index contributed by atoms with van der Waals surface area (Å²) >= 11 is 1.55. The van der Waals surface area contributed by atoms with Crippen molar-refractivity contribution in [2.75, 3.05) is 32.8 Å². The molecule has 6 nitrogen and oxygen atoms in total. The number of ketones is 1. The minimum Gasteiger partial charge on any atom is -0.493 e. The highest BCUT2D eigenvalue weighted by molar-refractivity contribution is 7.13. The molecular weight excluding hydrogens is 422 g/mol. The quantitative estimate of drug-likeness (QED) is 0.585. The first-order valence-corrected chi connectivity index (χ1v) is 12.1. The number of amides is 1. The number of piperazine rings is 1. The largest absolute Gasteiger partial charge is 0.493 e. The third kappa shape index (κ3) is 4.02. The molecule has 3 aromatic rings. The molecule has 2 aliphatic rings. The Morgan fingerprint density at radius 2 is 1.91 bits per heavy atom. The van der Waals surface area contributed by atoms with Crippen molar-refractivity contribution in [3.63, 3.8) is 0 Å². The van der Waals surface area contributed by atoms with Crippen LogP contribution >= 0.6 is 11.3 Å². The summed E-state index contributed by atoms with van der Waals surface area (Å²) in [5, 5.41) is 2.99. The van der Waals surface area contributed by atoms with Crippen LogP contribution in [0.3, 0.4) is 0 Å². The first kappa shape index (κ1) is 21.1. The van der Waals surface area contributed by atoms with Crippen molar-refractivity contribution < 1.29 is 14.3 Å². The normalized spacial score (nSPS) is 16.9. The summed E-state index contributed by atoms with van der Waals surface area (Å²) < 4.78 is 5.81. The Hall–Kier alpha value is -2.77. The number of benzene rings is 2. The smallest absolute Gasteiger partial charge is 0.258 e. The third-order valence-electron chi connectivity index (χ3n) is 6.24. The second kappa shape index (κ2) is 9.00. The second-order valence-corrected chi connectivity index (χ2v) is 9.40. The molecule has 1 aliphatic heterocycles. The molecule has 1 fully saturated rings. The van der Waals surface area contributed by atoms with E-state index in [4.69, 9.17) is 9.72 Å². The minimum atomic E-state index is 0.0280. The molecular formula is C25H27N3O3S. The zero-order chi connectivity index (χ0) is 22.1. The van der Waals surface area contributed by atoms with Gasteiger partial charge in [0.2, 0.25) is 0 Å². The maximum Gasteiger partial charge on any atom is 0.258 e. The first-order valence-electron chi connectivity index (χ1n) is 11.3. The fourth-order valence-corrected chi connectivity index (χ4v) is 5.71. The van der Waals surface area contributed by atoms with Crippen molar-refractivity contribution in [3.05, 3.63) is 57.5 Å². The summed E-state index contributed by atoms with van der Waals surface area (Å²) in [5.74, 6) is 0.919. The van der Waals surface area contributed by atoms with E-state index in [0.717, 1.165) is 58.8 Å². The number of aryl methyl sites for hydroxylation is 1. The van der Waals surface area contributed by atoms with Gasteiger partial charge in [-0.15, -0.1) is 11.3 Å². The summed E-state index contributed by atoms with van der Waals surface area (Å²) in [6, 6.07) is 11.9. The average molecular weight is 450 g/mol. The number of hydrogen-bond donors (Lipinski definition) is 0. The van der Waals surface area contributed by atoms with Crippen molar-refractivity contribution in [3.8, 4) is 5.75 Å². The number of rotatable bonds is 5. The second-order valence-electron chi connectivity index (χ2n) is 8.32. The number of thiazole rings is 1. The van der Waals surface area contributed by atoms with E-state index < -0.39 is 0 Å². The topological polar surface area (TPSA) is 62.7 Å². The lowest BCUT2D eigenvalue weighted by Gasteiger charge is -2.34. The molecule has 0 unspecified atom stereocenters. The molecule has 32 heavy (non-hydrogen) atoms. The van der Waals surface area contributed by atoms with Gasteiger partial charge in [-0.3, -0.25) is 14.5 Å². The van der Waals surface area contributed by atoms with Gasteiger partial charge >= 0.3 is 0 Å². The van der Waals surface area contributed by atoms with Crippen molar-refractivity contribution >= 4 is 33.8 Å². The number of Topliss-reactive ketones (excluding diaryl/α,β-unsaturated/α-hetero) is 1. The maximum absolute atomic E-state index is 13.5. The van der Waals surface area contributed by atoms with Crippen LogP contribution < -0.4 is 4.74 Å². The minimum absolute atomic E-state index is 0.0280. The molecule has 0 saturated carbocycles. The SMILES string of the molecule is CCOc1ccc2ccccc2c1C(=O)N1CCN(Cc2nc3c(s2)C(=O)CCC3)CC1. The van der Waals surface area contributed by atoms with E-state index in [9.17, 15) is 9.59 Å². The molecule has 0 atom stereocenters. The molecule has 166 valence electrons. The highest BCUT2D eigenvalue weighted by Crippen LogP contribution is 2.31. The van der Waals surface area contributed by atoms with Gasteiger partial charge in [0.1, 0.15) is 10.8 Å². The van der Waals surface area contributed by atoms with E-state index in [2.05, 4.69) is 4.90 Å². The van der Waals surface area contributed by atoms with Crippen LogP contribution in [0.25, 0.3) is 10.8 Å². The zero-order valence-electron chi connectivity index (χ0n) is 18.3. The molecule has 1 saturated heterocycles. The molecule has 0 radical (unpaired) electrons. The maximum atomic E-state index is 13.5. The van der Waals surface area contributed by atoms with Gasteiger partial charge in [0.05, 0.1) is 29.3 Å². The first-order chi connectivity index (χ1) is 15.6. The van der Waals surface area contributed by atoms with Crippen LogP contribution in [0.5, 0.6) is 5.75 Å². The lowest BCUT2D eigenvalue weighted by atomic mass is 10.0. The standard InChI is InChI=1S/C25H27N3O3S/c1-2-31-21-11-10-17-6-3-4-7-18(17)23(21)25(30)28-14-12-27(13-15-28)16-22-26-19-8-5-9-20(29)24(19)32-22/h3-4,6-7,10-11H,2,5,8-9,12-16H2,1H3. The van der Waals surface area contributed by atoms with Crippen molar-refractivity contribution in [2.24, 2.45) is 0 Å². The van der Waals surface area contributed by atoms with Crippen molar-refractivity contribution in [1.29, 1.82) is 0 Å². The van der Waals surface area contributed by atoms with Crippen LogP contribution in [0.2, 0.25) is 0 Å². The molecule has 0 bridgehead atoms. The summed E-state index contributed by atoms with van der Waals surface area (Å²) in [5.41, 5.74) is 1.64. The summed E-state index contributed by atoms with van der Waals surface area (Å²) in [6.07, 6.45) is 2.47. The highest BCUT2D eigenvalue weighted by Gasteiger charge is 2.27. The summed E-state index contributed by atoms with van der Waals surface area (Å²) in [6.45, 7) is 6.11. The summed E-state index contributed by atoms with van der Waals surface area (Å²) in [4.78, 5) is 35.5. The van der Waals surface area contributed by atoms with Crippen LogP contribution in [-0.4, -0.2) is 59.3 Å². The predicted molar refractivity (Wildman–Crippen MR) is 126 cm³/mol.